The van der Waals surface area contributed by atoms with Gasteiger partial charge in [0.2, 0.25) is 0 Å². The molecule has 29 heavy (non-hydrogen) atoms. The van der Waals surface area contributed by atoms with Gasteiger partial charge in [0.25, 0.3) is 0 Å². The van der Waals surface area contributed by atoms with Crippen LogP contribution in [0, 0.1) is 13.8 Å². The molecule has 4 rings (SSSR count). The van der Waals surface area contributed by atoms with Gasteiger partial charge < -0.3 is 20.1 Å². The summed E-state index contributed by atoms with van der Waals surface area (Å²) < 4.78 is 2.25. The minimum atomic E-state index is 0.401. The van der Waals surface area contributed by atoms with Crippen LogP contribution in [0.15, 0.2) is 53.5 Å². The Morgan fingerprint density at radius 2 is 1.93 bits per heavy atom. The highest BCUT2D eigenvalue weighted by atomic mass is 15.2. The average molecular weight is 391 g/mol. The summed E-state index contributed by atoms with van der Waals surface area (Å²) in [6.07, 6.45) is 1.11. The number of anilines is 1. The zero-order valence-electron chi connectivity index (χ0n) is 17.5. The van der Waals surface area contributed by atoms with Crippen molar-refractivity contribution in [3.05, 3.63) is 59.9 Å². The standard InChI is InChI=1S/C23H30N6/c1-17-8-10-20(11-9-17)28-14-12-19(16-28)27-23(24-3)25-13-15-29-18(2)26-21-6-4-5-7-22(21)29/h4-11,19H,12-16H2,1-3H3,(H2,24,25,27). The molecule has 2 aromatic carbocycles. The van der Waals surface area contributed by atoms with Crippen molar-refractivity contribution in [3.63, 3.8) is 0 Å². The van der Waals surface area contributed by atoms with E-state index in [2.05, 4.69) is 86.4 Å². The van der Waals surface area contributed by atoms with E-state index in [-0.39, 0.29) is 0 Å². The highest BCUT2D eigenvalue weighted by Gasteiger charge is 2.23. The van der Waals surface area contributed by atoms with Crippen LogP contribution < -0.4 is 15.5 Å². The van der Waals surface area contributed by atoms with Crippen LogP contribution in [-0.4, -0.2) is 48.2 Å². The first-order valence-corrected chi connectivity index (χ1v) is 10.3. The van der Waals surface area contributed by atoms with E-state index >= 15 is 0 Å². The minimum Gasteiger partial charge on any atom is -0.369 e. The van der Waals surface area contributed by atoms with Gasteiger partial charge in [-0.2, -0.15) is 0 Å². The Bertz CT molecular complexity index is 988. The Morgan fingerprint density at radius 1 is 1.14 bits per heavy atom. The first kappa shape index (κ1) is 19.3. The Labute approximate surface area is 172 Å². The van der Waals surface area contributed by atoms with Crippen molar-refractivity contribution in [2.24, 2.45) is 4.99 Å². The molecule has 1 atom stereocenters. The number of guanidine groups is 1. The number of hydrogen-bond acceptors (Lipinski definition) is 3. The monoisotopic (exact) mass is 390 g/mol. The molecule has 0 radical (unpaired) electrons. The summed E-state index contributed by atoms with van der Waals surface area (Å²) in [5, 5.41) is 7.04. The maximum Gasteiger partial charge on any atom is 0.191 e. The average Bonchev–Trinajstić information content (AvgIpc) is 3.32. The number of aliphatic imine (C=N–C) groups is 1. The third-order valence-corrected chi connectivity index (χ3v) is 5.63. The van der Waals surface area contributed by atoms with Crippen LogP contribution in [0.1, 0.15) is 17.8 Å². The molecule has 1 fully saturated rings. The maximum atomic E-state index is 4.64. The normalized spacial score (nSPS) is 17.1. The number of fused-ring (bicyclic) bond motifs is 1. The second-order valence-electron chi connectivity index (χ2n) is 7.71. The lowest BCUT2D eigenvalue weighted by Gasteiger charge is -2.20. The van der Waals surface area contributed by atoms with E-state index in [9.17, 15) is 0 Å². The minimum absolute atomic E-state index is 0.401. The lowest BCUT2D eigenvalue weighted by Crippen LogP contribution is -2.45. The summed E-state index contributed by atoms with van der Waals surface area (Å²) in [5.41, 5.74) is 4.83. The fraction of sp³-hybridized carbons (Fsp3) is 0.391. The molecule has 0 spiro atoms. The predicted octanol–water partition coefficient (Wildman–Crippen LogP) is 3.10. The third kappa shape index (κ3) is 4.36. The molecular weight excluding hydrogens is 360 g/mol. The highest BCUT2D eigenvalue weighted by molar-refractivity contribution is 5.80. The zero-order valence-corrected chi connectivity index (χ0v) is 17.5. The van der Waals surface area contributed by atoms with Crippen molar-refractivity contribution in [1.29, 1.82) is 0 Å². The molecule has 0 aliphatic carbocycles. The van der Waals surface area contributed by atoms with Crippen molar-refractivity contribution in [3.8, 4) is 0 Å². The first-order valence-electron chi connectivity index (χ1n) is 10.3. The molecule has 1 saturated heterocycles. The summed E-state index contributed by atoms with van der Waals surface area (Å²) in [5.74, 6) is 1.91. The van der Waals surface area contributed by atoms with Crippen molar-refractivity contribution in [1.82, 2.24) is 20.2 Å². The summed E-state index contributed by atoms with van der Waals surface area (Å²) in [6.45, 7) is 7.91. The van der Waals surface area contributed by atoms with Gasteiger partial charge in [-0.3, -0.25) is 4.99 Å². The second-order valence-corrected chi connectivity index (χ2v) is 7.71. The van der Waals surface area contributed by atoms with Crippen molar-refractivity contribution < 1.29 is 0 Å². The van der Waals surface area contributed by atoms with Crippen LogP contribution in [-0.2, 0) is 6.54 Å². The molecule has 1 aromatic heterocycles. The number of para-hydroxylation sites is 2. The molecule has 3 aromatic rings. The van der Waals surface area contributed by atoms with Crippen molar-refractivity contribution >= 4 is 22.7 Å². The number of benzene rings is 2. The number of nitrogens with one attached hydrogen (secondary N) is 2. The van der Waals surface area contributed by atoms with E-state index in [0.717, 1.165) is 49.9 Å². The van der Waals surface area contributed by atoms with E-state index in [4.69, 9.17) is 0 Å². The smallest absolute Gasteiger partial charge is 0.191 e. The van der Waals surface area contributed by atoms with E-state index in [1.807, 2.05) is 13.1 Å². The molecule has 2 heterocycles. The van der Waals surface area contributed by atoms with Gasteiger partial charge in [0.1, 0.15) is 5.82 Å². The third-order valence-electron chi connectivity index (χ3n) is 5.63. The molecule has 0 amide bonds. The molecule has 6 heteroatoms. The number of rotatable bonds is 5. The number of hydrogen-bond donors (Lipinski definition) is 2. The fourth-order valence-electron chi connectivity index (χ4n) is 4.02. The van der Waals surface area contributed by atoms with Crippen LogP contribution in [0.25, 0.3) is 11.0 Å². The Morgan fingerprint density at radius 3 is 2.72 bits per heavy atom. The lowest BCUT2D eigenvalue weighted by atomic mass is 10.2. The van der Waals surface area contributed by atoms with Gasteiger partial charge in [-0.25, -0.2) is 4.98 Å². The molecule has 152 valence electrons. The summed E-state index contributed by atoms with van der Waals surface area (Å²) >= 11 is 0. The Balaban J connectivity index is 1.30. The Hall–Kier alpha value is -3.02. The van der Waals surface area contributed by atoms with Gasteiger partial charge in [0, 0.05) is 45.0 Å². The van der Waals surface area contributed by atoms with Gasteiger partial charge in [-0.05, 0) is 44.5 Å². The van der Waals surface area contributed by atoms with Crippen LogP contribution in [0.2, 0.25) is 0 Å². The molecule has 1 aliphatic heterocycles. The SMILES string of the molecule is CN=C(NCCn1c(C)nc2ccccc21)NC1CCN(c2ccc(C)cc2)C1. The van der Waals surface area contributed by atoms with Gasteiger partial charge in [0.15, 0.2) is 5.96 Å². The number of aryl methyl sites for hydroxylation is 2. The molecule has 0 bridgehead atoms. The van der Waals surface area contributed by atoms with E-state index in [1.165, 1.54) is 16.8 Å². The number of imidazole rings is 1. The van der Waals surface area contributed by atoms with E-state index in [1.54, 1.807) is 0 Å². The largest absolute Gasteiger partial charge is 0.369 e. The summed E-state index contributed by atoms with van der Waals surface area (Å²) in [6, 6.07) is 17.5. The molecular formula is C23H30N6. The molecule has 1 unspecified atom stereocenters. The van der Waals surface area contributed by atoms with Gasteiger partial charge in [-0.1, -0.05) is 29.8 Å². The molecule has 6 nitrogen and oxygen atoms in total. The van der Waals surface area contributed by atoms with Gasteiger partial charge in [-0.15, -0.1) is 0 Å². The molecule has 1 aliphatic rings. The second kappa shape index (κ2) is 8.55. The summed E-state index contributed by atoms with van der Waals surface area (Å²) in [7, 11) is 1.83. The predicted molar refractivity (Wildman–Crippen MR) is 121 cm³/mol. The first-order chi connectivity index (χ1) is 14.1. The lowest BCUT2D eigenvalue weighted by molar-refractivity contribution is 0.624. The Kier molecular flexibility index (Phi) is 5.69. The number of nitrogens with zero attached hydrogens (tertiary/aromatic N) is 4. The van der Waals surface area contributed by atoms with Crippen molar-refractivity contribution in [2.45, 2.75) is 32.9 Å². The topological polar surface area (TPSA) is 57.5 Å². The molecule has 0 saturated carbocycles. The fourth-order valence-corrected chi connectivity index (χ4v) is 4.02. The van der Waals surface area contributed by atoms with E-state index < -0.39 is 0 Å². The van der Waals surface area contributed by atoms with Crippen LogP contribution in [0.3, 0.4) is 0 Å². The van der Waals surface area contributed by atoms with E-state index in [0.29, 0.717) is 6.04 Å². The van der Waals surface area contributed by atoms with Gasteiger partial charge >= 0.3 is 0 Å². The highest BCUT2D eigenvalue weighted by Crippen LogP contribution is 2.20. The zero-order chi connectivity index (χ0) is 20.2. The van der Waals surface area contributed by atoms with Crippen LogP contribution in [0.5, 0.6) is 0 Å². The van der Waals surface area contributed by atoms with Crippen LogP contribution in [0.4, 0.5) is 5.69 Å². The van der Waals surface area contributed by atoms with Crippen molar-refractivity contribution in [2.75, 3.05) is 31.6 Å². The quantitative estimate of drug-likeness (QED) is 0.519. The summed E-state index contributed by atoms with van der Waals surface area (Å²) in [4.78, 5) is 11.5. The number of aromatic nitrogens is 2. The maximum absolute atomic E-state index is 4.64. The van der Waals surface area contributed by atoms with Crippen LogP contribution >= 0.6 is 0 Å². The van der Waals surface area contributed by atoms with Gasteiger partial charge in [0.05, 0.1) is 11.0 Å². The molecule has 2 N–H and O–H groups in total.